The topological polar surface area (TPSA) is 46.5 Å². The molecule has 112 valence electrons. The van der Waals surface area contributed by atoms with E-state index in [-0.39, 0.29) is 12.1 Å². The van der Waals surface area contributed by atoms with Crippen molar-refractivity contribution in [2.24, 2.45) is 0 Å². The average Bonchev–Trinajstić information content (AvgIpc) is 2.23. The van der Waals surface area contributed by atoms with Crippen LogP contribution in [-0.4, -0.2) is 46.0 Å². The van der Waals surface area contributed by atoms with E-state index in [9.17, 15) is 9.90 Å². The molecule has 0 saturated heterocycles. The van der Waals surface area contributed by atoms with E-state index < -0.39 is 17.8 Å². The Bertz CT molecular complexity index is 311. The predicted octanol–water partition coefficient (Wildman–Crippen LogP) is 2.47. The van der Waals surface area contributed by atoms with Gasteiger partial charge < -0.3 is 9.84 Å². The Balaban J connectivity index is 5.65. The maximum atomic E-state index is 11.6. The fourth-order valence-electron chi connectivity index (χ4n) is 3.29. The monoisotopic (exact) mass is 272 g/mol. The molecule has 1 atom stereocenters. The molecule has 0 spiro atoms. The maximum absolute atomic E-state index is 11.6. The van der Waals surface area contributed by atoms with Crippen LogP contribution in [0.3, 0.4) is 0 Å². The second kappa shape index (κ2) is 6.53. The van der Waals surface area contributed by atoms with Gasteiger partial charge in [-0.2, -0.15) is 0 Å². The van der Waals surface area contributed by atoms with Crippen molar-refractivity contribution < 1.29 is 19.1 Å². The standard InChI is InChI=1S/C15H30NO3/c1-9-14(18)19-15(7,8)16(11(2)3,12(4)5)10-13(6)17/h9,11-13,17H,1,10H2,2-8H3/q+1. The SMILES string of the molecule is C=CC(=O)OC(C)(C)[N+](CC(C)O)(C(C)C)C(C)C. The molecule has 4 heteroatoms. The lowest BCUT2D eigenvalue weighted by Gasteiger charge is -2.54. The van der Waals surface area contributed by atoms with Crippen LogP contribution < -0.4 is 0 Å². The summed E-state index contributed by atoms with van der Waals surface area (Å²) in [5.41, 5.74) is -0.732. The Labute approximate surface area is 117 Å². The van der Waals surface area contributed by atoms with Gasteiger partial charge in [0.1, 0.15) is 12.6 Å². The van der Waals surface area contributed by atoms with Crippen LogP contribution in [0.1, 0.15) is 48.5 Å². The number of carbonyl (C=O) groups excluding carboxylic acids is 1. The highest BCUT2D eigenvalue weighted by Crippen LogP contribution is 2.34. The number of ether oxygens (including phenoxy) is 1. The second-order valence-corrected chi connectivity index (χ2v) is 6.22. The minimum atomic E-state index is -0.732. The Hall–Kier alpha value is -0.870. The fourth-order valence-corrected chi connectivity index (χ4v) is 3.29. The molecule has 0 saturated carbocycles. The van der Waals surface area contributed by atoms with Crippen LogP contribution >= 0.6 is 0 Å². The summed E-state index contributed by atoms with van der Waals surface area (Å²) in [4.78, 5) is 11.6. The summed E-state index contributed by atoms with van der Waals surface area (Å²) in [5.74, 6) is -0.431. The van der Waals surface area contributed by atoms with E-state index in [4.69, 9.17) is 4.74 Å². The molecule has 0 rings (SSSR count). The van der Waals surface area contributed by atoms with E-state index in [1.165, 1.54) is 6.08 Å². The van der Waals surface area contributed by atoms with Crippen molar-refractivity contribution in [1.29, 1.82) is 0 Å². The number of hydrogen-bond donors (Lipinski definition) is 1. The molecule has 0 aliphatic heterocycles. The molecule has 0 aliphatic carbocycles. The summed E-state index contributed by atoms with van der Waals surface area (Å²) in [6.45, 7) is 17.9. The molecule has 0 aliphatic rings. The summed E-state index contributed by atoms with van der Waals surface area (Å²) >= 11 is 0. The lowest BCUT2D eigenvalue weighted by atomic mass is 10.0. The zero-order chi connectivity index (χ0) is 15.4. The van der Waals surface area contributed by atoms with Crippen LogP contribution in [0.4, 0.5) is 0 Å². The molecule has 19 heavy (non-hydrogen) atoms. The lowest BCUT2D eigenvalue weighted by molar-refractivity contribution is -1.03. The van der Waals surface area contributed by atoms with Crippen molar-refractivity contribution in [3.63, 3.8) is 0 Å². The van der Waals surface area contributed by atoms with Crippen molar-refractivity contribution in [3.8, 4) is 0 Å². The van der Waals surface area contributed by atoms with Crippen molar-refractivity contribution >= 4 is 5.97 Å². The van der Waals surface area contributed by atoms with Gasteiger partial charge in [0.25, 0.3) is 0 Å². The van der Waals surface area contributed by atoms with Crippen molar-refractivity contribution in [1.82, 2.24) is 0 Å². The Morgan fingerprint density at radius 3 is 1.95 bits per heavy atom. The van der Waals surface area contributed by atoms with Crippen molar-refractivity contribution in [3.05, 3.63) is 12.7 Å². The highest BCUT2D eigenvalue weighted by molar-refractivity contribution is 5.81. The highest BCUT2D eigenvalue weighted by atomic mass is 16.6. The molecule has 0 radical (unpaired) electrons. The number of hydrogen-bond acceptors (Lipinski definition) is 3. The summed E-state index contributed by atoms with van der Waals surface area (Å²) in [6.07, 6.45) is 0.714. The molecule has 0 aromatic rings. The summed E-state index contributed by atoms with van der Waals surface area (Å²) < 4.78 is 6.08. The number of aliphatic hydroxyl groups excluding tert-OH is 1. The van der Waals surface area contributed by atoms with Gasteiger partial charge in [-0.05, 0) is 34.6 Å². The van der Waals surface area contributed by atoms with E-state index in [0.717, 1.165) is 0 Å². The van der Waals surface area contributed by atoms with Gasteiger partial charge in [0, 0.05) is 19.9 Å². The zero-order valence-electron chi connectivity index (χ0n) is 13.4. The molecule has 1 unspecified atom stereocenters. The second-order valence-electron chi connectivity index (χ2n) is 6.22. The average molecular weight is 272 g/mol. The van der Waals surface area contributed by atoms with E-state index in [0.29, 0.717) is 11.0 Å². The van der Waals surface area contributed by atoms with Crippen LogP contribution in [-0.2, 0) is 9.53 Å². The third-order valence-corrected chi connectivity index (χ3v) is 3.93. The molecule has 4 nitrogen and oxygen atoms in total. The molecular formula is C15H30NO3+. The maximum Gasteiger partial charge on any atom is 0.334 e. The largest absolute Gasteiger partial charge is 0.407 e. The Morgan fingerprint density at radius 2 is 1.68 bits per heavy atom. The molecule has 0 aromatic carbocycles. The first-order valence-corrected chi connectivity index (χ1v) is 6.92. The van der Waals surface area contributed by atoms with Gasteiger partial charge in [0.05, 0.1) is 12.1 Å². The van der Waals surface area contributed by atoms with Gasteiger partial charge in [-0.25, -0.2) is 4.79 Å². The number of esters is 1. The smallest absolute Gasteiger partial charge is 0.334 e. The summed E-state index contributed by atoms with van der Waals surface area (Å²) in [6, 6.07) is 0.421. The van der Waals surface area contributed by atoms with Crippen LogP contribution in [0.15, 0.2) is 12.7 Å². The lowest BCUT2D eigenvalue weighted by Crippen LogP contribution is -2.71. The van der Waals surface area contributed by atoms with Crippen LogP contribution in [0.5, 0.6) is 0 Å². The molecular weight excluding hydrogens is 242 g/mol. The van der Waals surface area contributed by atoms with E-state index in [2.05, 4.69) is 34.3 Å². The molecule has 0 amide bonds. The van der Waals surface area contributed by atoms with Gasteiger partial charge in [-0.3, -0.25) is 4.48 Å². The third-order valence-electron chi connectivity index (χ3n) is 3.93. The minimum Gasteiger partial charge on any atom is -0.407 e. The number of quaternary nitrogens is 1. The first-order valence-electron chi connectivity index (χ1n) is 6.92. The molecule has 0 fully saturated rings. The summed E-state index contributed by atoms with van der Waals surface area (Å²) in [7, 11) is 0. The zero-order valence-corrected chi connectivity index (χ0v) is 13.4. The van der Waals surface area contributed by atoms with Gasteiger partial charge in [-0.1, -0.05) is 6.58 Å². The first kappa shape index (κ1) is 18.1. The number of aliphatic hydroxyl groups is 1. The van der Waals surface area contributed by atoms with Gasteiger partial charge in [0.2, 0.25) is 5.72 Å². The van der Waals surface area contributed by atoms with Crippen LogP contribution in [0.2, 0.25) is 0 Å². The van der Waals surface area contributed by atoms with Crippen molar-refractivity contribution in [2.75, 3.05) is 6.54 Å². The molecule has 0 bridgehead atoms. The summed E-state index contributed by atoms with van der Waals surface area (Å²) in [5, 5.41) is 9.86. The molecule has 0 heterocycles. The van der Waals surface area contributed by atoms with Crippen LogP contribution in [0, 0.1) is 0 Å². The predicted molar refractivity (Wildman–Crippen MR) is 77.4 cm³/mol. The van der Waals surface area contributed by atoms with Crippen molar-refractivity contribution in [2.45, 2.75) is 72.4 Å². The Kier molecular flexibility index (Phi) is 6.23. The van der Waals surface area contributed by atoms with Gasteiger partial charge >= 0.3 is 5.97 Å². The third kappa shape index (κ3) is 3.80. The van der Waals surface area contributed by atoms with E-state index in [1.54, 1.807) is 6.92 Å². The minimum absolute atomic E-state index is 0.210. The van der Waals surface area contributed by atoms with E-state index >= 15 is 0 Å². The van der Waals surface area contributed by atoms with E-state index in [1.807, 2.05) is 13.8 Å². The Morgan fingerprint density at radius 1 is 1.26 bits per heavy atom. The number of rotatable bonds is 7. The quantitative estimate of drug-likeness (QED) is 0.335. The number of carbonyl (C=O) groups is 1. The van der Waals surface area contributed by atoms with Crippen LogP contribution in [0.25, 0.3) is 0 Å². The van der Waals surface area contributed by atoms with Gasteiger partial charge in [0.15, 0.2) is 0 Å². The highest BCUT2D eigenvalue weighted by Gasteiger charge is 2.51. The van der Waals surface area contributed by atoms with Gasteiger partial charge in [-0.15, -0.1) is 0 Å². The number of nitrogens with zero attached hydrogens (tertiary/aromatic N) is 1. The molecule has 0 aromatic heterocycles. The molecule has 1 N–H and O–H groups in total. The first-order chi connectivity index (χ1) is 8.51. The normalized spacial score (nSPS) is 14.6. The fraction of sp³-hybridized carbons (Fsp3) is 0.800.